The van der Waals surface area contributed by atoms with Gasteiger partial charge in [-0.2, -0.15) is 0 Å². The third kappa shape index (κ3) is 21.7. The van der Waals surface area contributed by atoms with E-state index in [2.05, 4.69) is 81.5 Å². The predicted octanol–water partition coefficient (Wildman–Crippen LogP) is 10.9. The summed E-state index contributed by atoms with van der Waals surface area (Å²) < 4.78 is 28.1. The molecule has 6 aromatic rings. The monoisotopic (exact) mass is 1110 g/mol. The Bertz CT molecular complexity index is 3100. The molecule has 0 unspecified atom stereocenters. The van der Waals surface area contributed by atoms with Gasteiger partial charge in [0.15, 0.2) is 0 Å². The van der Waals surface area contributed by atoms with Crippen molar-refractivity contribution in [2.75, 3.05) is 72.7 Å². The lowest BCUT2D eigenvalue weighted by Crippen LogP contribution is -2.36. The Hall–Kier alpha value is -8.19. The molecule has 1 saturated heterocycles. The van der Waals surface area contributed by atoms with Crippen molar-refractivity contribution < 1.29 is 33.3 Å². The number of hydrogen-bond donors (Lipinski definition) is 1. The molecule has 1 aliphatic heterocycles. The number of aromatic nitrogens is 3. The average Bonchev–Trinajstić information content (AvgIpc) is 3.54. The second-order valence-corrected chi connectivity index (χ2v) is 21.4. The van der Waals surface area contributed by atoms with Crippen LogP contribution in [0.15, 0.2) is 109 Å². The number of alkyl carbamates (subject to hydrolysis) is 1. The topological polar surface area (TPSA) is 141 Å². The molecule has 7 rings (SSSR count). The molecule has 1 fully saturated rings. The number of ether oxygens (including phenoxy) is 5. The number of hydrogen-bond acceptors (Lipinski definition) is 13. The van der Waals surface area contributed by atoms with Crippen molar-refractivity contribution in [1.82, 2.24) is 35.0 Å². The van der Waals surface area contributed by atoms with Gasteiger partial charge in [-0.3, -0.25) is 24.7 Å². The van der Waals surface area contributed by atoms with Crippen LogP contribution in [0.2, 0.25) is 0 Å². The molecule has 0 radical (unpaired) electrons. The molecule has 14 heteroatoms. The smallest absolute Gasteiger partial charge is 0.407 e. The Morgan fingerprint density at radius 3 is 1.22 bits per heavy atom. The van der Waals surface area contributed by atoms with E-state index in [1.165, 1.54) is 7.11 Å². The highest BCUT2D eigenvalue weighted by molar-refractivity contribution is 5.87. The molecule has 0 aliphatic carbocycles. The molecule has 0 spiro atoms. The van der Waals surface area contributed by atoms with Crippen LogP contribution in [0.1, 0.15) is 139 Å². The molecular weight excluding hydrogens is 1030 g/mol. The van der Waals surface area contributed by atoms with E-state index in [0.717, 1.165) is 127 Å². The van der Waals surface area contributed by atoms with Gasteiger partial charge in [0.05, 0.1) is 44.0 Å². The summed E-state index contributed by atoms with van der Waals surface area (Å²) in [6.45, 7) is 22.4. The molecule has 0 atom stereocenters. The summed E-state index contributed by atoms with van der Waals surface area (Å²) >= 11 is 0. The fourth-order valence-electron chi connectivity index (χ4n) is 8.85. The van der Waals surface area contributed by atoms with Crippen LogP contribution in [-0.4, -0.2) is 120 Å². The molecule has 0 saturated carbocycles. The third-order valence-electron chi connectivity index (χ3n) is 13.0. The van der Waals surface area contributed by atoms with Crippen molar-refractivity contribution >= 4 is 12.1 Å². The van der Waals surface area contributed by atoms with Crippen molar-refractivity contribution in [3.05, 3.63) is 177 Å². The zero-order valence-corrected chi connectivity index (χ0v) is 49.2. The first kappa shape index (κ1) is 61.4. The number of carbonyl (C=O) groups is 2. The first-order valence-corrected chi connectivity index (χ1v) is 28.6. The van der Waals surface area contributed by atoms with E-state index in [-0.39, 0.29) is 5.69 Å². The zero-order chi connectivity index (χ0) is 58.1. The molecule has 3 aromatic carbocycles. The number of benzene rings is 3. The molecular formula is C68H79N7O7. The van der Waals surface area contributed by atoms with Gasteiger partial charge in [-0.15, -0.1) is 0 Å². The van der Waals surface area contributed by atoms with Gasteiger partial charge in [-0.05, 0) is 163 Å². The third-order valence-corrected chi connectivity index (χ3v) is 13.0. The quantitative estimate of drug-likeness (QED) is 0.0441. The Kier molecular flexibility index (Phi) is 23.8. The summed E-state index contributed by atoms with van der Waals surface area (Å²) in [4.78, 5) is 47.2. The van der Waals surface area contributed by atoms with Gasteiger partial charge in [0.25, 0.3) is 0 Å². The standard InChI is InChI=1S/C68H79N7O7/c1-9-11-39-79-62-26-20-53(21-27-62)14-17-56-42-51(3)70-59(44-56)48-73-33-34-74(49-60-45-57(43-52(4)71-60)18-15-54-22-28-63(29-23-54)80-40-12-10-2)36-38-75(37-35-73)50-61-46-58(47-65(72-61)66(76)78-8)19-16-55-24-30-64(31-25-55)81-41-13-32-69-67(77)82-68(5,6)7/h20-31,42-47H,9-13,32-41,48-50H2,1-8H3,(H,69,77). The summed E-state index contributed by atoms with van der Waals surface area (Å²) in [5.74, 6) is 21.9. The van der Waals surface area contributed by atoms with Crippen molar-refractivity contribution in [3.63, 3.8) is 0 Å². The molecule has 82 heavy (non-hydrogen) atoms. The molecule has 3 aromatic heterocycles. The number of pyridine rings is 3. The fourth-order valence-corrected chi connectivity index (χ4v) is 8.85. The number of carbonyl (C=O) groups excluding carboxylic acids is 2. The van der Waals surface area contributed by atoms with Gasteiger partial charge in [0.2, 0.25) is 0 Å². The lowest BCUT2D eigenvalue weighted by Gasteiger charge is -2.25. The van der Waals surface area contributed by atoms with Gasteiger partial charge in [-0.25, -0.2) is 14.6 Å². The van der Waals surface area contributed by atoms with Crippen molar-refractivity contribution in [1.29, 1.82) is 0 Å². The SMILES string of the molecule is CCCCOc1ccc(C#Cc2cc(C)nc(CN3CCN(Cc4cc(C#Cc5ccc(OCCCC)cc5)cc(C)n4)CCN(Cc4cc(C#Cc5ccc(OCCCNC(=O)OC(C)(C)C)cc5)cc(C(=O)OC)n4)CC3)c2)cc1. The highest BCUT2D eigenvalue weighted by Crippen LogP contribution is 2.19. The van der Waals surface area contributed by atoms with E-state index in [4.69, 9.17) is 38.6 Å². The summed E-state index contributed by atoms with van der Waals surface area (Å²) in [6, 6.07) is 35.3. The second kappa shape index (κ2) is 31.7. The van der Waals surface area contributed by atoms with E-state index < -0.39 is 17.7 Å². The largest absolute Gasteiger partial charge is 0.494 e. The highest BCUT2D eigenvalue weighted by Gasteiger charge is 2.21. The van der Waals surface area contributed by atoms with E-state index in [0.29, 0.717) is 69.4 Å². The van der Waals surface area contributed by atoms with E-state index >= 15 is 0 Å². The van der Waals surface area contributed by atoms with Gasteiger partial charge in [0, 0.05) is 110 Å². The maximum atomic E-state index is 13.1. The van der Waals surface area contributed by atoms with Gasteiger partial charge in [-0.1, -0.05) is 62.2 Å². The maximum absolute atomic E-state index is 13.1. The van der Waals surface area contributed by atoms with Crippen LogP contribution in [0.25, 0.3) is 0 Å². The summed E-state index contributed by atoms with van der Waals surface area (Å²) in [5.41, 5.74) is 9.15. The average molecular weight is 1110 g/mol. The molecule has 4 heterocycles. The maximum Gasteiger partial charge on any atom is 0.407 e. The lowest BCUT2D eigenvalue weighted by atomic mass is 10.1. The number of nitrogens with one attached hydrogen (secondary N) is 1. The number of aryl methyl sites for hydroxylation is 2. The van der Waals surface area contributed by atoms with Crippen LogP contribution in [-0.2, 0) is 29.1 Å². The first-order valence-electron chi connectivity index (χ1n) is 28.6. The zero-order valence-electron chi connectivity index (χ0n) is 49.2. The van der Waals surface area contributed by atoms with Crippen LogP contribution in [0.5, 0.6) is 17.2 Å². The summed E-state index contributed by atoms with van der Waals surface area (Å²) in [7, 11) is 1.36. The van der Waals surface area contributed by atoms with E-state index in [1.807, 2.05) is 126 Å². The minimum Gasteiger partial charge on any atom is -0.494 e. The molecule has 1 amide bonds. The van der Waals surface area contributed by atoms with Crippen LogP contribution in [0.4, 0.5) is 4.79 Å². The van der Waals surface area contributed by atoms with Crippen molar-refractivity contribution in [2.45, 2.75) is 106 Å². The van der Waals surface area contributed by atoms with Crippen LogP contribution < -0.4 is 19.5 Å². The number of amides is 1. The van der Waals surface area contributed by atoms with Crippen LogP contribution >= 0.6 is 0 Å². The molecule has 1 aliphatic rings. The summed E-state index contributed by atoms with van der Waals surface area (Å²) in [5, 5.41) is 2.75. The first-order chi connectivity index (χ1) is 39.7. The summed E-state index contributed by atoms with van der Waals surface area (Å²) in [6.07, 6.45) is 4.39. The Labute approximate surface area is 486 Å². The normalized spacial score (nSPS) is 13.1. The Morgan fingerprint density at radius 1 is 0.500 bits per heavy atom. The van der Waals surface area contributed by atoms with Gasteiger partial charge < -0.3 is 29.0 Å². The van der Waals surface area contributed by atoms with Gasteiger partial charge >= 0.3 is 12.1 Å². The van der Waals surface area contributed by atoms with Crippen LogP contribution in [0, 0.1) is 49.4 Å². The number of esters is 1. The minimum atomic E-state index is -0.554. The van der Waals surface area contributed by atoms with Crippen LogP contribution in [0.3, 0.4) is 0 Å². The van der Waals surface area contributed by atoms with E-state index in [9.17, 15) is 9.59 Å². The number of rotatable bonds is 20. The fraction of sp³-hybridized carbons (Fsp3) is 0.397. The molecule has 1 N–H and O–H groups in total. The lowest BCUT2D eigenvalue weighted by molar-refractivity contribution is 0.0524. The molecule has 428 valence electrons. The van der Waals surface area contributed by atoms with Crippen molar-refractivity contribution in [2.24, 2.45) is 0 Å². The number of unbranched alkanes of at least 4 members (excludes halogenated alkanes) is 2. The molecule has 0 bridgehead atoms. The van der Waals surface area contributed by atoms with Gasteiger partial charge in [0.1, 0.15) is 28.5 Å². The predicted molar refractivity (Wildman–Crippen MR) is 322 cm³/mol. The Morgan fingerprint density at radius 2 is 0.854 bits per heavy atom. The molecule has 14 nitrogen and oxygen atoms in total. The Balaban J connectivity index is 1.08. The number of methoxy groups -OCH3 is 1. The highest BCUT2D eigenvalue weighted by atomic mass is 16.6. The minimum absolute atomic E-state index is 0.192. The van der Waals surface area contributed by atoms with E-state index in [1.54, 1.807) is 6.07 Å². The van der Waals surface area contributed by atoms with Crippen molar-refractivity contribution in [3.8, 4) is 52.8 Å². The number of nitrogens with zero attached hydrogens (tertiary/aromatic N) is 6. The second-order valence-electron chi connectivity index (χ2n) is 21.4.